The molecule has 1 aromatic carbocycles. The summed E-state index contributed by atoms with van der Waals surface area (Å²) in [5.74, 6) is 0.688. The number of anilines is 1. The van der Waals surface area contributed by atoms with Gasteiger partial charge in [-0.2, -0.15) is 4.98 Å². The van der Waals surface area contributed by atoms with Crippen molar-refractivity contribution in [2.45, 2.75) is 13.3 Å². The highest BCUT2D eigenvalue weighted by Crippen LogP contribution is 2.29. The monoisotopic (exact) mass is 274 g/mol. The van der Waals surface area contributed by atoms with Crippen molar-refractivity contribution in [3.05, 3.63) is 46.1 Å². The molecule has 1 N–H and O–H groups in total. The average molecular weight is 274 g/mol. The predicted octanol–water partition coefficient (Wildman–Crippen LogP) is 2.78. The number of ether oxygens (including phenoxy) is 1. The van der Waals surface area contributed by atoms with Gasteiger partial charge in [0.15, 0.2) is 0 Å². The zero-order valence-electron chi connectivity index (χ0n) is 11.2. The molecule has 2 aromatic rings. The number of hydrogen-bond donors (Lipinski definition) is 1. The molecule has 0 fully saturated rings. The summed E-state index contributed by atoms with van der Waals surface area (Å²) in [7, 11) is 1.63. The Morgan fingerprint density at radius 3 is 2.90 bits per heavy atom. The van der Waals surface area contributed by atoms with Gasteiger partial charge in [-0.05, 0) is 24.1 Å². The van der Waals surface area contributed by atoms with E-state index in [9.17, 15) is 10.1 Å². The second kappa shape index (κ2) is 5.96. The van der Waals surface area contributed by atoms with Gasteiger partial charge >= 0.3 is 11.6 Å². The number of nitrogens with zero attached hydrogens (tertiary/aromatic N) is 3. The number of rotatable bonds is 5. The number of aryl methyl sites for hydroxylation is 1. The van der Waals surface area contributed by atoms with E-state index in [4.69, 9.17) is 4.74 Å². The lowest BCUT2D eigenvalue weighted by molar-refractivity contribution is -0.386. The largest absolute Gasteiger partial charge is 0.434 e. The summed E-state index contributed by atoms with van der Waals surface area (Å²) in [5, 5.41) is 13.7. The van der Waals surface area contributed by atoms with Crippen LogP contribution in [-0.2, 0) is 6.42 Å². The Labute approximate surface area is 115 Å². The van der Waals surface area contributed by atoms with Gasteiger partial charge in [0, 0.05) is 7.05 Å². The van der Waals surface area contributed by atoms with E-state index < -0.39 is 4.92 Å². The number of hydrogen-bond acceptors (Lipinski definition) is 6. The van der Waals surface area contributed by atoms with Crippen LogP contribution in [0.5, 0.6) is 11.6 Å². The third kappa shape index (κ3) is 3.00. The zero-order chi connectivity index (χ0) is 14.5. The summed E-state index contributed by atoms with van der Waals surface area (Å²) in [6.45, 7) is 2.02. The van der Waals surface area contributed by atoms with Crippen LogP contribution in [0.15, 0.2) is 30.5 Å². The molecule has 0 aliphatic rings. The standard InChI is InChI=1S/C13H14N4O3/c1-3-9-5-4-6-10(7-9)20-12-11(17(18)19)8-15-13(14-2)16-12/h4-8H,3H2,1-2H3,(H,14,15,16). The molecule has 7 nitrogen and oxygen atoms in total. The Hall–Kier alpha value is -2.70. The highest BCUT2D eigenvalue weighted by Gasteiger charge is 2.19. The van der Waals surface area contributed by atoms with Crippen molar-refractivity contribution in [1.29, 1.82) is 0 Å². The van der Waals surface area contributed by atoms with Gasteiger partial charge < -0.3 is 10.1 Å². The van der Waals surface area contributed by atoms with Gasteiger partial charge in [-0.25, -0.2) is 4.98 Å². The molecule has 1 heterocycles. The summed E-state index contributed by atoms with van der Waals surface area (Å²) in [6, 6.07) is 7.34. The van der Waals surface area contributed by atoms with E-state index in [1.165, 1.54) is 0 Å². The van der Waals surface area contributed by atoms with Crippen molar-refractivity contribution in [2.24, 2.45) is 0 Å². The lowest BCUT2D eigenvalue weighted by Crippen LogP contribution is -2.02. The molecule has 0 radical (unpaired) electrons. The fraction of sp³-hybridized carbons (Fsp3) is 0.231. The summed E-state index contributed by atoms with van der Waals surface area (Å²) >= 11 is 0. The Morgan fingerprint density at radius 2 is 2.25 bits per heavy atom. The van der Waals surface area contributed by atoms with Crippen LogP contribution in [0.2, 0.25) is 0 Å². The summed E-state index contributed by atoms with van der Waals surface area (Å²) in [5.41, 5.74) is 0.805. The van der Waals surface area contributed by atoms with Gasteiger partial charge in [0.05, 0.1) is 4.92 Å². The van der Waals surface area contributed by atoms with Crippen LogP contribution in [0.1, 0.15) is 12.5 Å². The minimum absolute atomic E-state index is 0.0809. The van der Waals surface area contributed by atoms with Crippen LogP contribution >= 0.6 is 0 Å². The third-order valence-electron chi connectivity index (χ3n) is 2.68. The molecule has 0 aliphatic heterocycles. The smallest absolute Gasteiger partial charge is 0.349 e. The molecule has 1 aromatic heterocycles. The van der Waals surface area contributed by atoms with Crippen molar-refractivity contribution in [2.75, 3.05) is 12.4 Å². The maximum absolute atomic E-state index is 11.0. The third-order valence-corrected chi connectivity index (χ3v) is 2.68. The molecule has 0 atom stereocenters. The molecule has 0 bridgehead atoms. The van der Waals surface area contributed by atoms with E-state index in [1.54, 1.807) is 13.1 Å². The first kappa shape index (κ1) is 13.7. The second-order valence-corrected chi connectivity index (χ2v) is 3.99. The fourth-order valence-corrected chi connectivity index (χ4v) is 1.62. The number of aromatic nitrogens is 2. The molecular weight excluding hydrogens is 260 g/mol. The maximum Gasteiger partial charge on any atom is 0.349 e. The van der Waals surface area contributed by atoms with Gasteiger partial charge in [-0.3, -0.25) is 10.1 Å². The van der Waals surface area contributed by atoms with Gasteiger partial charge in [0.25, 0.3) is 0 Å². The minimum atomic E-state index is -0.571. The van der Waals surface area contributed by atoms with Crippen LogP contribution in [0.4, 0.5) is 11.6 Å². The maximum atomic E-state index is 11.0. The van der Waals surface area contributed by atoms with E-state index in [0.717, 1.165) is 18.2 Å². The Kier molecular flexibility index (Phi) is 4.09. The van der Waals surface area contributed by atoms with Crippen molar-refractivity contribution in [1.82, 2.24) is 9.97 Å². The van der Waals surface area contributed by atoms with Crippen LogP contribution in [0.25, 0.3) is 0 Å². The molecule has 0 aliphatic carbocycles. The molecule has 2 rings (SSSR count). The van der Waals surface area contributed by atoms with Crippen molar-refractivity contribution in [3.63, 3.8) is 0 Å². The van der Waals surface area contributed by atoms with E-state index in [1.807, 2.05) is 25.1 Å². The number of benzene rings is 1. The van der Waals surface area contributed by atoms with Crippen LogP contribution < -0.4 is 10.1 Å². The first-order chi connectivity index (χ1) is 9.63. The quantitative estimate of drug-likeness (QED) is 0.666. The molecule has 7 heteroatoms. The van der Waals surface area contributed by atoms with Crippen molar-refractivity contribution >= 4 is 11.6 Å². The van der Waals surface area contributed by atoms with Crippen LogP contribution in [0, 0.1) is 10.1 Å². The molecule has 0 spiro atoms. The SMILES string of the molecule is CCc1cccc(Oc2nc(NC)ncc2[N+](=O)[O-])c1. The minimum Gasteiger partial charge on any atom is -0.434 e. The molecule has 0 amide bonds. The summed E-state index contributed by atoms with van der Waals surface area (Å²) < 4.78 is 5.52. The normalized spacial score (nSPS) is 10.1. The van der Waals surface area contributed by atoms with Gasteiger partial charge in [-0.1, -0.05) is 19.1 Å². The Balaban J connectivity index is 2.37. The van der Waals surface area contributed by atoms with Gasteiger partial charge in [0.1, 0.15) is 11.9 Å². The van der Waals surface area contributed by atoms with Crippen molar-refractivity contribution < 1.29 is 9.66 Å². The predicted molar refractivity (Wildman–Crippen MR) is 74.1 cm³/mol. The summed E-state index contributed by atoms with van der Waals surface area (Å²) in [6.07, 6.45) is 1.97. The number of nitrogens with one attached hydrogen (secondary N) is 1. The molecule has 0 saturated heterocycles. The van der Waals surface area contributed by atoms with Crippen LogP contribution in [0.3, 0.4) is 0 Å². The van der Waals surface area contributed by atoms with E-state index in [2.05, 4.69) is 15.3 Å². The fourth-order valence-electron chi connectivity index (χ4n) is 1.62. The zero-order valence-corrected chi connectivity index (χ0v) is 11.2. The molecule has 0 unspecified atom stereocenters. The second-order valence-electron chi connectivity index (χ2n) is 3.99. The van der Waals surface area contributed by atoms with E-state index in [-0.39, 0.29) is 17.5 Å². The molecular formula is C13H14N4O3. The van der Waals surface area contributed by atoms with Gasteiger partial charge in [-0.15, -0.1) is 0 Å². The number of nitro groups is 1. The topological polar surface area (TPSA) is 90.2 Å². The van der Waals surface area contributed by atoms with Gasteiger partial charge in [0.2, 0.25) is 5.95 Å². The summed E-state index contributed by atoms with van der Waals surface area (Å²) in [4.78, 5) is 18.2. The van der Waals surface area contributed by atoms with E-state index in [0.29, 0.717) is 5.75 Å². The molecule has 104 valence electrons. The highest BCUT2D eigenvalue weighted by atomic mass is 16.6. The van der Waals surface area contributed by atoms with Crippen molar-refractivity contribution in [3.8, 4) is 11.6 Å². The first-order valence-corrected chi connectivity index (χ1v) is 6.10. The molecule has 0 saturated carbocycles. The molecule has 20 heavy (non-hydrogen) atoms. The lowest BCUT2D eigenvalue weighted by Gasteiger charge is -2.07. The first-order valence-electron chi connectivity index (χ1n) is 6.10. The Bertz CT molecular complexity index is 631. The highest BCUT2D eigenvalue weighted by molar-refractivity contribution is 5.45. The van der Waals surface area contributed by atoms with E-state index >= 15 is 0 Å². The van der Waals surface area contributed by atoms with Crippen LogP contribution in [-0.4, -0.2) is 21.9 Å². The Morgan fingerprint density at radius 1 is 1.45 bits per heavy atom. The lowest BCUT2D eigenvalue weighted by atomic mass is 10.2. The average Bonchev–Trinajstić information content (AvgIpc) is 2.47.